The van der Waals surface area contributed by atoms with Gasteiger partial charge in [0, 0.05) is 32.7 Å². The van der Waals surface area contributed by atoms with Crippen LogP contribution < -0.4 is 9.47 Å². The number of ether oxygens (including phenoxy) is 2. The third-order valence-corrected chi connectivity index (χ3v) is 6.22. The van der Waals surface area contributed by atoms with Crippen molar-refractivity contribution in [3.8, 4) is 11.5 Å². The van der Waals surface area contributed by atoms with Gasteiger partial charge in [0.25, 0.3) is 0 Å². The standard InChI is InChI=1S/C22H30N2O3/c1-15(2)11-17-20(22(17,3)4)21(25)24-9-7-23(8-10-24)13-16-5-6-18-19(12-16)27-14-26-18/h5-6,11-12,17,20H,7-10,13-14H2,1-4H3. The van der Waals surface area contributed by atoms with Gasteiger partial charge in [0.1, 0.15) is 0 Å². The van der Waals surface area contributed by atoms with Crippen molar-refractivity contribution in [3.05, 3.63) is 35.4 Å². The number of rotatable bonds is 4. The third-order valence-electron chi connectivity index (χ3n) is 6.22. The molecule has 3 aliphatic rings. The Morgan fingerprint density at radius 2 is 1.85 bits per heavy atom. The van der Waals surface area contributed by atoms with Crippen LogP contribution in [0.4, 0.5) is 0 Å². The van der Waals surface area contributed by atoms with E-state index in [1.54, 1.807) is 0 Å². The first-order valence-corrected chi connectivity index (χ1v) is 9.91. The van der Waals surface area contributed by atoms with E-state index in [2.05, 4.69) is 55.7 Å². The lowest BCUT2D eigenvalue weighted by molar-refractivity contribution is -0.135. The topological polar surface area (TPSA) is 42.0 Å². The zero-order valence-corrected chi connectivity index (χ0v) is 16.8. The molecule has 0 radical (unpaired) electrons. The molecule has 2 heterocycles. The summed E-state index contributed by atoms with van der Waals surface area (Å²) in [6.07, 6.45) is 2.28. The van der Waals surface area contributed by atoms with Crippen LogP contribution in [0.3, 0.4) is 0 Å². The highest BCUT2D eigenvalue weighted by Gasteiger charge is 2.61. The minimum absolute atomic E-state index is 0.0952. The molecule has 0 bridgehead atoms. The lowest BCUT2D eigenvalue weighted by Gasteiger charge is -2.35. The van der Waals surface area contributed by atoms with E-state index in [0.29, 0.717) is 18.6 Å². The molecule has 1 amide bonds. The molecule has 1 saturated heterocycles. The average molecular weight is 370 g/mol. The molecule has 146 valence electrons. The summed E-state index contributed by atoms with van der Waals surface area (Å²) < 4.78 is 10.8. The molecule has 1 aromatic rings. The number of allylic oxidation sites excluding steroid dienone is 2. The smallest absolute Gasteiger partial charge is 0.231 e. The van der Waals surface area contributed by atoms with E-state index in [-0.39, 0.29) is 11.3 Å². The van der Waals surface area contributed by atoms with Crippen LogP contribution in [0.2, 0.25) is 0 Å². The summed E-state index contributed by atoms with van der Waals surface area (Å²) in [5.74, 6) is 2.54. The number of carbonyl (C=O) groups is 1. The van der Waals surface area contributed by atoms with Gasteiger partial charge in [-0.15, -0.1) is 0 Å². The van der Waals surface area contributed by atoms with Gasteiger partial charge >= 0.3 is 0 Å². The van der Waals surface area contributed by atoms with Crippen LogP contribution >= 0.6 is 0 Å². The molecule has 2 atom stereocenters. The van der Waals surface area contributed by atoms with Gasteiger partial charge in [0.2, 0.25) is 12.7 Å². The molecule has 2 aliphatic heterocycles. The molecule has 1 saturated carbocycles. The summed E-state index contributed by atoms with van der Waals surface area (Å²) in [5, 5.41) is 0. The molecule has 4 rings (SSSR count). The summed E-state index contributed by atoms with van der Waals surface area (Å²) in [5.41, 5.74) is 2.63. The first-order valence-electron chi connectivity index (χ1n) is 9.91. The molecule has 0 aromatic heterocycles. The molecule has 27 heavy (non-hydrogen) atoms. The predicted molar refractivity (Wildman–Crippen MR) is 105 cm³/mol. The molecule has 0 N–H and O–H groups in total. The predicted octanol–water partition coefficient (Wildman–Crippen LogP) is 3.30. The fourth-order valence-corrected chi connectivity index (χ4v) is 4.44. The Balaban J connectivity index is 1.31. The molecule has 5 nitrogen and oxygen atoms in total. The number of hydrogen-bond acceptors (Lipinski definition) is 4. The Bertz CT molecular complexity index is 759. The van der Waals surface area contributed by atoms with Crippen molar-refractivity contribution in [1.82, 2.24) is 9.80 Å². The molecule has 1 aromatic carbocycles. The first kappa shape index (κ1) is 18.4. The van der Waals surface area contributed by atoms with Crippen molar-refractivity contribution < 1.29 is 14.3 Å². The minimum Gasteiger partial charge on any atom is -0.454 e. The van der Waals surface area contributed by atoms with Gasteiger partial charge in [0.15, 0.2) is 11.5 Å². The SMILES string of the molecule is CC(C)=CC1C(C(=O)N2CCN(Cc3ccc4c(c3)OCO4)CC2)C1(C)C. The van der Waals surface area contributed by atoms with Crippen LogP contribution in [0, 0.1) is 17.3 Å². The van der Waals surface area contributed by atoms with E-state index in [9.17, 15) is 4.79 Å². The van der Waals surface area contributed by atoms with Gasteiger partial charge in [-0.25, -0.2) is 0 Å². The van der Waals surface area contributed by atoms with E-state index < -0.39 is 0 Å². The maximum atomic E-state index is 13.0. The van der Waals surface area contributed by atoms with Gasteiger partial charge < -0.3 is 14.4 Å². The van der Waals surface area contributed by atoms with Gasteiger partial charge in [-0.3, -0.25) is 9.69 Å². The Kier molecular flexibility index (Phi) is 4.66. The molecule has 5 heteroatoms. The highest BCUT2D eigenvalue weighted by atomic mass is 16.7. The van der Waals surface area contributed by atoms with Crippen LogP contribution in [-0.4, -0.2) is 48.7 Å². The highest BCUT2D eigenvalue weighted by Crippen LogP contribution is 2.60. The van der Waals surface area contributed by atoms with E-state index in [1.165, 1.54) is 11.1 Å². The Hall–Kier alpha value is -2.01. The van der Waals surface area contributed by atoms with E-state index in [0.717, 1.165) is 44.2 Å². The van der Waals surface area contributed by atoms with E-state index in [1.807, 2.05) is 6.07 Å². The van der Waals surface area contributed by atoms with Crippen LogP contribution in [0.15, 0.2) is 29.8 Å². The average Bonchev–Trinajstić information content (AvgIpc) is 2.96. The fourth-order valence-electron chi connectivity index (χ4n) is 4.44. The van der Waals surface area contributed by atoms with Crippen molar-refractivity contribution in [2.75, 3.05) is 33.0 Å². The van der Waals surface area contributed by atoms with Crippen LogP contribution in [0.25, 0.3) is 0 Å². The summed E-state index contributed by atoms with van der Waals surface area (Å²) in [4.78, 5) is 17.5. The summed E-state index contributed by atoms with van der Waals surface area (Å²) in [7, 11) is 0. The van der Waals surface area contributed by atoms with Crippen LogP contribution in [0.1, 0.15) is 33.3 Å². The lowest BCUT2D eigenvalue weighted by atomic mass is 10.1. The maximum absolute atomic E-state index is 13.0. The summed E-state index contributed by atoms with van der Waals surface area (Å²) in [6, 6.07) is 6.15. The number of amides is 1. The summed E-state index contributed by atoms with van der Waals surface area (Å²) >= 11 is 0. The molecule has 2 fully saturated rings. The lowest BCUT2D eigenvalue weighted by Crippen LogP contribution is -2.49. The Labute approximate surface area is 161 Å². The van der Waals surface area contributed by atoms with Crippen molar-refractivity contribution in [1.29, 1.82) is 0 Å². The maximum Gasteiger partial charge on any atom is 0.231 e. The molecular formula is C22H30N2O3. The van der Waals surface area contributed by atoms with Crippen LogP contribution in [-0.2, 0) is 11.3 Å². The number of carbonyl (C=O) groups excluding carboxylic acids is 1. The Morgan fingerprint density at radius 1 is 1.15 bits per heavy atom. The second kappa shape index (κ2) is 6.86. The molecule has 1 aliphatic carbocycles. The number of benzene rings is 1. The van der Waals surface area contributed by atoms with Crippen LogP contribution in [0.5, 0.6) is 11.5 Å². The highest BCUT2D eigenvalue weighted by molar-refractivity contribution is 5.84. The third kappa shape index (κ3) is 3.57. The van der Waals surface area contributed by atoms with Crippen molar-refractivity contribution in [2.24, 2.45) is 17.3 Å². The van der Waals surface area contributed by atoms with E-state index >= 15 is 0 Å². The van der Waals surface area contributed by atoms with Gasteiger partial charge in [-0.1, -0.05) is 31.6 Å². The molecule has 2 unspecified atom stereocenters. The normalized spacial score (nSPS) is 26.0. The number of fused-ring (bicyclic) bond motifs is 1. The number of piperazine rings is 1. The van der Waals surface area contributed by atoms with E-state index in [4.69, 9.17) is 9.47 Å². The van der Waals surface area contributed by atoms with Crippen molar-refractivity contribution in [2.45, 2.75) is 34.2 Å². The van der Waals surface area contributed by atoms with Crippen molar-refractivity contribution in [3.63, 3.8) is 0 Å². The second-order valence-electron chi connectivity index (χ2n) is 8.86. The van der Waals surface area contributed by atoms with Crippen molar-refractivity contribution >= 4 is 5.91 Å². The number of hydrogen-bond donors (Lipinski definition) is 0. The number of nitrogens with zero attached hydrogens (tertiary/aromatic N) is 2. The zero-order valence-electron chi connectivity index (χ0n) is 16.8. The Morgan fingerprint density at radius 3 is 2.56 bits per heavy atom. The molecular weight excluding hydrogens is 340 g/mol. The second-order valence-corrected chi connectivity index (χ2v) is 8.86. The first-order chi connectivity index (χ1) is 12.9. The zero-order chi connectivity index (χ0) is 19.2. The minimum atomic E-state index is 0.0952. The van der Waals surface area contributed by atoms with Gasteiger partial charge in [-0.05, 0) is 42.9 Å². The monoisotopic (exact) mass is 370 g/mol. The summed E-state index contributed by atoms with van der Waals surface area (Å²) in [6.45, 7) is 13.3. The molecule has 0 spiro atoms. The van der Waals surface area contributed by atoms with Gasteiger partial charge in [-0.2, -0.15) is 0 Å². The van der Waals surface area contributed by atoms with Gasteiger partial charge in [0.05, 0.1) is 5.92 Å². The fraction of sp³-hybridized carbons (Fsp3) is 0.591. The quantitative estimate of drug-likeness (QED) is 0.763. The largest absolute Gasteiger partial charge is 0.454 e.